The maximum Gasteiger partial charge on any atom is 0.321 e. The lowest BCUT2D eigenvalue weighted by Gasteiger charge is -2.30. The number of fused-ring (bicyclic) bond motifs is 1. The number of carbonyl (C=O) groups is 1. The van der Waals surface area contributed by atoms with Crippen LogP contribution in [-0.4, -0.2) is 13.1 Å². The number of hydrogen-bond acceptors (Lipinski definition) is 1. The predicted octanol–water partition coefficient (Wildman–Crippen LogP) is 3.50. The fourth-order valence-corrected chi connectivity index (χ4v) is 2.82. The molecule has 0 radical (unpaired) electrons. The lowest BCUT2D eigenvalue weighted by molar-refractivity contribution is 0.246. The number of carbonyl (C=O) groups excluding carboxylic acids is 1. The van der Waals surface area contributed by atoms with E-state index in [0.29, 0.717) is 6.54 Å². The Labute approximate surface area is 119 Å². The zero-order chi connectivity index (χ0) is 14.1. The molecule has 0 aromatic heterocycles. The standard InChI is InChI=1S/C17H18N2O/c1-12(13-7-4-3-5-8-13)15-10-6-9-14-11-18-17(20)19(2)16(14)15/h3-10,12H,11H2,1-2H3,(H,18,20). The minimum Gasteiger partial charge on any atom is -0.334 e. The summed E-state index contributed by atoms with van der Waals surface area (Å²) in [6.45, 7) is 2.79. The molecule has 3 nitrogen and oxygen atoms in total. The first-order valence-electron chi connectivity index (χ1n) is 6.87. The number of hydrogen-bond donors (Lipinski definition) is 1. The first-order chi connectivity index (χ1) is 9.68. The van der Waals surface area contributed by atoms with E-state index in [2.05, 4.69) is 54.7 Å². The van der Waals surface area contributed by atoms with Crippen LogP contribution in [0.15, 0.2) is 48.5 Å². The average Bonchev–Trinajstić information content (AvgIpc) is 2.50. The molecule has 0 saturated heterocycles. The van der Waals surface area contributed by atoms with Gasteiger partial charge in [0.25, 0.3) is 0 Å². The monoisotopic (exact) mass is 266 g/mol. The molecule has 0 aliphatic carbocycles. The fourth-order valence-electron chi connectivity index (χ4n) is 2.82. The second-order valence-electron chi connectivity index (χ2n) is 5.21. The zero-order valence-corrected chi connectivity index (χ0v) is 11.8. The normalized spacial score (nSPS) is 15.5. The molecule has 1 atom stereocenters. The molecule has 102 valence electrons. The third kappa shape index (κ3) is 2.05. The lowest BCUT2D eigenvalue weighted by Crippen LogP contribution is -2.42. The molecule has 1 heterocycles. The van der Waals surface area contributed by atoms with E-state index in [1.165, 1.54) is 16.7 Å². The minimum absolute atomic E-state index is 0.0368. The molecule has 1 aliphatic rings. The maximum absolute atomic E-state index is 11.9. The number of para-hydroxylation sites is 1. The van der Waals surface area contributed by atoms with E-state index >= 15 is 0 Å². The molecular formula is C17H18N2O. The van der Waals surface area contributed by atoms with Crippen molar-refractivity contribution in [2.75, 3.05) is 11.9 Å². The number of anilines is 1. The molecule has 2 amide bonds. The largest absolute Gasteiger partial charge is 0.334 e. The molecule has 1 aliphatic heterocycles. The van der Waals surface area contributed by atoms with Gasteiger partial charge in [-0.2, -0.15) is 0 Å². The van der Waals surface area contributed by atoms with Crippen LogP contribution in [0.3, 0.4) is 0 Å². The Morgan fingerprint density at radius 2 is 1.85 bits per heavy atom. The molecule has 0 fully saturated rings. The van der Waals surface area contributed by atoms with Gasteiger partial charge in [0, 0.05) is 19.5 Å². The lowest BCUT2D eigenvalue weighted by atomic mass is 9.89. The number of rotatable bonds is 2. The topological polar surface area (TPSA) is 32.3 Å². The van der Waals surface area contributed by atoms with Crippen LogP contribution in [0.5, 0.6) is 0 Å². The highest BCUT2D eigenvalue weighted by Gasteiger charge is 2.25. The highest BCUT2D eigenvalue weighted by molar-refractivity contribution is 5.95. The quantitative estimate of drug-likeness (QED) is 0.886. The van der Waals surface area contributed by atoms with Crippen LogP contribution < -0.4 is 10.2 Å². The molecule has 1 unspecified atom stereocenters. The maximum atomic E-state index is 11.9. The van der Waals surface area contributed by atoms with Crippen LogP contribution >= 0.6 is 0 Å². The Bertz CT molecular complexity index is 637. The summed E-state index contributed by atoms with van der Waals surface area (Å²) in [6, 6.07) is 16.6. The molecule has 20 heavy (non-hydrogen) atoms. The van der Waals surface area contributed by atoms with Crippen molar-refractivity contribution in [2.24, 2.45) is 0 Å². The van der Waals surface area contributed by atoms with E-state index in [1.54, 1.807) is 4.90 Å². The number of nitrogens with zero attached hydrogens (tertiary/aromatic N) is 1. The molecule has 0 saturated carbocycles. The summed E-state index contributed by atoms with van der Waals surface area (Å²) >= 11 is 0. The molecule has 1 N–H and O–H groups in total. The number of urea groups is 1. The van der Waals surface area contributed by atoms with Crippen molar-refractivity contribution in [1.82, 2.24) is 5.32 Å². The predicted molar refractivity (Wildman–Crippen MR) is 81.0 cm³/mol. The number of nitrogens with one attached hydrogen (secondary N) is 1. The van der Waals surface area contributed by atoms with Crippen LogP contribution in [-0.2, 0) is 6.54 Å². The molecule has 3 heteroatoms. The van der Waals surface area contributed by atoms with E-state index < -0.39 is 0 Å². The Hall–Kier alpha value is -2.29. The Morgan fingerprint density at radius 3 is 2.60 bits per heavy atom. The first-order valence-corrected chi connectivity index (χ1v) is 6.87. The average molecular weight is 266 g/mol. The highest BCUT2D eigenvalue weighted by Crippen LogP contribution is 2.35. The van der Waals surface area contributed by atoms with Crippen LogP contribution in [0.1, 0.15) is 29.5 Å². The third-order valence-corrected chi connectivity index (χ3v) is 3.99. The summed E-state index contributed by atoms with van der Waals surface area (Å²) in [4.78, 5) is 13.6. The van der Waals surface area contributed by atoms with E-state index in [9.17, 15) is 4.79 Å². The van der Waals surface area contributed by atoms with Gasteiger partial charge in [-0.1, -0.05) is 55.5 Å². The molecule has 2 aromatic carbocycles. The summed E-state index contributed by atoms with van der Waals surface area (Å²) < 4.78 is 0. The third-order valence-electron chi connectivity index (χ3n) is 3.99. The summed E-state index contributed by atoms with van der Waals surface area (Å²) in [5.74, 6) is 0.263. The van der Waals surface area contributed by atoms with E-state index in [0.717, 1.165) is 5.69 Å². The Morgan fingerprint density at radius 1 is 1.10 bits per heavy atom. The van der Waals surface area contributed by atoms with Crippen LogP contribution in [0.4, 0.5) is 10.5 Å². The summed E-state index contributed by atoms with van der Waals surface area (Å²) in [5, 5.41) is 2.88. The van der Waals surface area contributed by atoms with Gasteiger partial charge in [0.05, 0.1) is 5.69 Å². The van der Waals surface area contributed by atoms with E-state index in [4.69, 9.17) is 0 Å². The summed E-state index contributed by atoms with van der Waals surface area (Å²) in [6.07, 6.45) is 0. The van der Waals surface area contributed by atoms with Gasteiger partial charge >= 0.3 is 6.03 Å². The van der Waals surface area contributed by atoms with Gasteiger partial charge in [0.15, 0.2) is 0 Å². The molecule has 3 rings (SSSR count). The van der Waals surface area contributed by atoms with Crippen molar-refractivity contribution in [2.45, 2.75) is 19.4 Å². The van der Waals surface area contributed by atoms with Crippen LogP contribution in [0, 0.1) is 0 Å². The van der Waals surface area contributed by atoms with Crippen molar-refractivity contribution in [3.8, 4) is 0 Å². The fraction of sp³-hybridized carbons (Fsp3) is 0.235. The summed E-state index contributed by atoms with van der Waals surface area (Å²) in [7, 11) is 1.83. The van der Waals surface area contributed by atoms with E-state index in [-0.39, 0.29) is 11.9 Å². The van der Waals surface area contributed by atoms with Crippen molar-refractivity contribution < 1.29 is 4.79 Å². The SMILES string of the molecule is CC(c1ccccc1)c1cccc2c1N(C)C(=O)NC2. The van der Waals surface area contributed by atoms with Gasteiger partial charge in [0.2, 0.25) is 0 Å². The first kappa shape index (κ1) is 12.7. The Balaban J connectivity index is 2.09. The van der Waals surface area contributed by atoms with Crippen molar-refractivity contribution in [1.29, 1.82) is 0 Å². The highest BCUT2D eigenvalue weighted by atomic mass is 16.2. The molecule has 0 bridgehead atoms. The minimum atomic E-state index is -0.0368. The van der Waals surface area contributed by atoms with Gasteiger partial charge < -0.3 is 5.32 Å². The van der Waals surface area contributed by atoms with Gasteiger partial charge in [-0.05, 0) is 16.7 Å². The van der Waals surface area contributed by atoms with Crippen molar-refractivity contribution in [3.05, 3.63) is 65.2 Å². The van der Waals surface area contributed by atoms with Crippen molar-refractivity contribution in [3.63, 3.8) is 0 Å². The molecular weight excluding hydrogens is 248 g/mol. The van der Waals surface area contributed by atoms with Gasteiger partial charge in [-0.15, -0.1) is 0 Å². The van der Waals surface area contributed by atoms with E-state index in [1.807, 2.05) is 13.1 Å². The number of benzene rings is 2. The van der Waals surface area contributed by atoms with Crippen LogP contribution in [0.25, 0.3) is 0 Å². The smallest absolute Gasteiger partial charge is 0.321 e. The Kier molecular flexibility index (Phi) is 3.18. The summed E-state index contributed by atoms with van der Waals surface area (Å²) in [5.41, 5.74) is 4.69. The van der Waals surface area contributed by atoms with Crippen LogP contribution in [0.2, 0.25) is 0 Å². The molecule has 2 aromatic rings. The second-order valence-corrected chi connectivity index (χ2v) is 5.21. The zero-order valence-electron chi connectivity index (χ0n) is 11.8. The van der Waals surface area contributed by atoms with Gasteiger partial charge in [0.1, 0.15) is 0 Å². The van der Waals surface area contributed by atoms with Gasteiger partial charge in [-0.25, -0.2) is 4.79 Å². The number of amides is 2. The van der Waals surface area contributed by atoms with Gasteiger partial charge in [-0.3, -0.25) is 4.90 Å². The second kappa shape index (κ2) is 5.00. The van der Waals surface area contributed by atoms with Crippen molar-refractivity contribution >= 4 is 11.7 Å². The molecule has 0 spiro atoms.